The second-order valence-electron chi connectivity index (χ2n) is 3.99. The summed E-state index contributed by atoms with van der Waals surface area (Å²) in [7, 11) is 1.25. The first kappa shape index (κ1) is 16.7. The fourth-order valence-corrected chi connectivity index (χ4v) is 1.37. The predicted octanol–water partition coefficient (Wildman–Crippen LogP) is 2.18. The van der Waals surface area contributed by atoms with Gasteiger partial charge in [-0.2, -0.15) is 13.2 Å². The Labute approximate surface area is 118 Å². The molecule has 0 aliphatic heterocycles. The largest absolute Gasteiger partial charge is 0.469 e. The number of carbonyl (C=O) groups is 2. The van der Waals surface area contributed by atoms with Crippen LogP contribution in [-0.2, 0) is 15.7 Å². The zero-order valence-corrected chi connectivity index (χ0v) is 11.2. The van der Waals surface area contributed by atoms with Crippen LogP contribution >= 0.6 is 0 Å². The molecule has 2 amide bonds. The van der Waals surface area contributed by atoms with Crippen molar-refractivity contribution in [3.8, 4) is 0 Å². The van der Waals surface area contributed by atoms with Crippen molar-refractivity contribution < 1.29 is 27.5 Å². The van der Waals surface area contributed by atoms with Crippen LogP contribution in [0.4, 0.5) is 23.8 Å². The maximum absolute atomic E-state index is 12.5. The molecule has 0 aromatic carbocycles. The molecule has 0 spiro atoms. The molecule has 0 atom stereocenters. The molecule has 0 aliphatic carbocycles. The van der Waals surface area contributed by atoms with Gasteiger partial charge >= 0.3 is 18.2 Å². The van der Waals surface area contributed by atoms with Gasteiger partial charge in [0.1, 0.15) is 5.82 Å². The van der Waals surface area contributed by atoms with Gasteiger partial charge in [-0.25, -0.2) is 9.78 Å². The molecule has 0 aliphatic rings. The predicted molar refractivity (Wildman–Crippen MR) is 67.5 cm³/mol. The van der Waals surface area contributed by atoms with E-state index in [1.54, 1.807) is 0 Å². The second kappa shape index (κ2) is 7.46. The van der Waals surface area contributed by atoms with Crippen LogP contribution in [-0.4, -0.2) is 30.6 Å². The van der Waals surface area contributed by atoms with Gasteiger partial charge in [0.05, 0.1) is 12.7 Å². The van der Waals surface area contributed by atoms with E-state index in [4.69, 9.17) is 0 Å². The van der Waals surface area contributed by atoms with Crippen LogP contribution in [0.15, 0.2) is 18.3 Å². The Morgan fingerprint density at radius 1 is 1.38 bits per heavy atom. The lowest BCUT2D eigenvalue weighted by Crippen LogP contribution is -2.30. The molecule has 0 unspecified atom stereocenters. The van der Waals surface area contributed by atoms with Gasteiger partial charge in [-0.15, -0.1) is 0 Å². The van der Waals surface area contributed by atoms with Crippen molar-refractivity contribution >= 4 is 17.8 Å². The van der Waals surface area contributed by atoms with Gasteiger partial charge in [0, 0.05) is 19.2 Å². The number of amides is 2. The van der Waals surface area contributed by atoms with E-state index in [0.29, 0.717) is 6.42 Å². The maximum atomic E-state index is 12.5. The van der Waals surface area contributed by atoms with Gasteiger partial charge in [0.15, 0.2) is 0 Å². The number of carbonyl (C=O) groups excluding carboxylic acids is 2. The van der Waals surface area contributed by atoms with Crippen LogP contribution in [0.5, 0.6) is 0 Å². The van der Waals surface area contributed by atoms with Crippen LogP contribution in [0, 0.1) is 0 Å². The summed E-state index contributed by atoms with van der Waals surface area (Å²) in [5, 5.41) is 4.57. The number of rotatable bonds is 5. The lowest BCUT2D eigenvalue weighted by molar-refractivity contribution is -0.140. The Hall–Kier alpha value is -2.32. The van der Waals surface area contributed by atoms with Crippen molar-refractivity contribution in [1.29, 1.82) is 0 Å². The van der Waals surface area contributed by atoms with E-state index < -0.39 is 23.7 Å². The van der Waals surface area contributed by atoms with Crippen LogP contribution in [0.2, 0.25) is 0 Å². The normalized spacial score (nSPS) is 10.9. The molecule has 1 aromatic heterocycles. The van der Waals surface area contributed by atoms with Crippen molar-refractivity contribution in [3.05, 3.63) is 23.9 Å². The van der Waals surface area contributed by atoms with E-state index in [-0.39, 0.29) is 18.8 Å². The number of urea groups is 1. The van der Waals surface area contributed by atoms with E-state index in [2.05, 4.69) is 20.4 Å². The Morgan fingerprint density at radius 3 is 2.71 bits per heavy atom. The topological polar surface area (TPSA) is 80.3 Å². The lowest BCUT2D eigenvalue weighted by Gasteiger charge is -2.09. The molecule has 0 saturated carbocycles. The van der Waals surface area contributed by atoms with Crippen LogP contribution in [0.3, 0.4) is 0 Å². The number of methoxy groups -OCH3 is 1. The lowest BCUT2D eigenvalue weighted by atomic mass is 10.2. The molecule has 0 bridgehead atoms. The summed E-state index contributed by atoms with van der Waals surface area (Å²) in [6, 6.07) is 0.833. The average Bonchev–Trinajstić information content (AvgIpc) is 2.42. The number of ether oxygens (including phenoxy) is 1. The van der Waals surface area contributed by atoms with Gasteiger partial charge in [-0.05, 0) is 18.6 Å². The van der Waals surface area contributed by atoms with Gasteiger partial charge in [0.2, 0.25) is 0 Å². The number of hydrogen-bond acceptors (Lipinski definition) is 4. The van der Waals surface area contributed by atoms with E-state index in [9.17, 15) is 22.8 Å². The van der Waals surface area contributed by atoms with Crippen molar-refractivity contribution in [2.45, 2.75) is 19.0 Å². The van der Waals surface area contributed by atoms with E-state index in [1.807, 2.05) is 0 Å². The highest BCUT2D eigenvalue weighted by Gasteiger charge is 2.30. The fourth-order valence-electron chi connectivity index (χ4n) is 1.37. The van der Waals surface area contributed by atoms with Crippen molar-refractivity contribution in [3.63, 3.8) is 0 Å². The first-order valence-corrected chi connectivity index (χ1v) is 5.98. The van der Waals surface area contributed by atoms with Crippen LogP contribution in [0.1, 0.15) is 18.4 Å². The molecule has 1 aromatic rings. The molecule has 1 rings (SSSR count). The number of pyridine rings is 1. The second-order valence-corrected chi connectivity index (χ2v) is 3.99. The molecule has 0 radical (unpaired) electrons. The third-order valence-corrected chi connectivity index (χ3v) is 2.40. The van der Waals surface area contributed by atoms with Crippen molar-refractivity contribution in [2.24, 2.45) is 0 Å². The highest BCUT2D eigenvalue weighted by molar-refractivity contribution is 5.88. The summed E-state index contributed by atoms with van der Waals surface area (Å²) in [4.78, 5) is 25.9. The molecule has 116 valence electrons. The molecule has 21 heavy (non-hydrogen) atoms. The van der Waals surface area contributed by atoms with E-state index >= 15 is 0 Å². The zero-order valence-electron chi connectivity index (χ0n) is 11.2. The SMILES string of the molecule is COC(=O)CCCNC(=O)Nc1cc(C(F)(F)F)ccn1. The Morgan fingerprint density at radius 2 is 2.10 bits per heavy atom. The van der Waals surface area contributed by atoms with Gasteiger partial charge in [0.25, 0.3) is 0 Å². The third kappa shape index (κ3) is 6.11. The highest BCUT2D eigenvalue weighted by atomic mass is 19.4. The zero-order chi connectivity index (χ0) is 15.9. The minimum atomic E-state index is -4.50. The minimum absolute atomic E-state index is 0.137. The van der Waals surface area contributed by atoms with Crippen molar-refractivity contribution in [1.82, 2.24) is 10.3 Å². The molecule has 0 saturated heterocycles. The quantitative estimate of drug-likeness (QED) is 0.645. The molecular weight excluding hydrogens is 291 g/mol. The number of anilines is 1. The van der Waals surface area contributed by atoms with Gasteiger partial charge < -0.3 is 10.1 Å². The number of nitrogens with one attached hydrogen (secondary N) is 2. The summed E-state index contributed by atoms with van der Waals surface area (Å²) in [5.41, 5.74) is -0.904. The minimum Gasteiger partial charge on any atom is -0.469 e. The third-order valence-electron chi connectivity index (χ3n) is 2.40. The monoisotopic (exact) mass is 305 g/mol. The number of halogens is 3. The first-order valence-electron chi connectivity index (χ1n) is 5.98. The number of aromatic nitrogens is 1. The number of hydrogen-bond donors (Lipinski definition) is 2. The average molecular weight is 305 g/mol. The first-order chi connectivity index (χ1) is 9.82. The molecule has 0 fully saturated rings. The molecule has 2 N–H and O–H groups in total. The number of esters is 1. The smallest absolute Gasteiger partial charge is 0.416 e. The summed E-state index contributed by atoms with van der Waals surface area (Å²) in [6.07, 6.45) is -3.05. The summed E-state index contributed by atoms with van der Waals surface area (Å²) in [5.74, 6) is -0.618. The number of nitrogens with zero attached hydrogens (tertiary/aromatic N) is 1. The van der Waals surface area contributed by atoms with Crippen LogP contribution in [0.25, 0.3) is 0 Å². The fraction of sp³-hybridized carbons (Fsp3) is 0.417. The van der Waals surface area contributed by atoms with Gasteiger partial charge in [-0.3, -0.25) is 10.1 Å². The summed E-state index contributed by atoms with van der Waals surface area (Å²) in [6.45, 7) is 0.180. The molecule has 9 heteroatoms. The van der Waals surface area contributed by atoms with E-state index in [0.717, 1.165) is 18.3 Å². The van der Waals surface area contributed by atoms with Crippen molar-refractivity contribution in [2.75, 3.05) is 19.0 Å². The summed E-state index contributed by atoms with van der Waals surface area (Å²) >= 11 is 0. The summed E-state index contributed by atoms with van der Waals surface area (Å²) < 4.78 is 41.8. The highest BCUT2D eigenvalue weighted by Crippen LogP contribution is 2.29. The molecule has 6 nitrogen and oxygen atoms in total. The Bertz CT molecular complexity index is 506. The Balaban J connectivity index is 2.43. The number of alkyl halides is 3. The van der Waals surface area contributed by atoms with Gasteiger partial charge in [-0.1, -0.05) is 0 Å². The Kier molecular flexibility index (Phi) is 5.94. The standard InChI is InChI=1S/C12H14F3N3O3/c1-21-10(19)3-2-5-17-11(20)18-9-7-8(4-6-16-9)12(13,14)15/h4,6-7H,2-3,5H2,1H3,(H2,16,17,18,20). The van der Waals surface area contributed by atoms with E-state index in [1.165, 1.54) is 7.11 Å². The maximum Gasteiger partial charge on any atom is 0.416 e. The molecular formula is C12H14F3N3O3. The molecule has 1 heterocycles. The van der Waals surface area contributed by atoms with Crippen LogP contribution < -0.4 is 10.6 Å².